The normalized spacial score (nSPS) is 11.5. The van der Waals surface area contributed by atoms with Gasteiger partial charge in [-0.1, -0.05) is 146 Å². The molecule has 0 aliphatic heterocycles. The fourth-order valence-electron chi connectivity index (χ4n) is 7.15. The molecule has 0 saturated heterocycles. The zero-order valence-corrected chi connectivity index (χ0v) is 28.3. The monoisotopic (exact) mass is 667 g/mol. The van der Waals surface area contributed by atoms with Gasteiger partial charge in [0, 0.05) is 36.9 Å². The molecule has 0 aliphatic carbocycles. The van der Waals surface area contributed by atoms with Crippen LogP contribution < -0.4 is 0 Å². The van der Waals surface area contributed by atoms with E-state index in [9.17, 15) is 0 Å². The molecule has 0 saturated carbocycles. The highest BCUT2D eigenvalue weighted by Crippen LogP contribution is 2.40. The molecular formula is C47H29N3S. The summed E-state index contributed by atoms with van der Waals surface area (Å²) in [6.07, 6.45) is 0. The molecule has 2 heterocycles. The van der Waals surface area contributed by atoms with Gasteiger partial charge < -0.3 is 0 Å². The molecule has 51 heavy (non-hydrogen) atoms. The van der Waals surface area contributed by atoms with Crippen LogP contribution in [0.15, 0.2) is 176 Å². The number of benzene rings is 8. The zero-order chi connectivity index (χ0) is 33.7. The summed E-state index contributed by atoms with van der Waals surface area (Å²) in [5.41, 5.74) is 7.50. The summed E-state index contributed by atoms with van der Waals surface area (Å²) in [5, 5.41) is 7.25. The standard InChI is InChI=1S/C47H29N3S/c1-2-12-32(13-3-1)38-15-6-7-17-41(38)46-48-45(49-47(50-46)42-19-10-18-40-39-16-8-9-20-43(39)51-44(40)42)36-26-23-31-22-25-35(28-37(31)29-36)34-24-21-30-11-4-5-14-33(30)27-34/h1-29H. The SMILES string of the molecule is c1ccc(-c2ccccc2-c2nc(-c3ccc4ccc(-c5ccc6ccccc6c5)cc4c3)nc(-c3cccc4c3sc3ccccc34)n2)cc1. The molecular weight excluding hydrogens is 639 g/mol. The fourth-order valence-corrected chi connectivity index (χ4v) is 8.36. The molecule has 0 atom stereocenters. The lowest BCUT2D eigenvalue weighted by Gasteiger charge is -2.13. The van der Waals surface area contributed by atoms with Crippen LogP contribution in [0.25, 0.3) is 98.1 Å². The van der Waals surface area contributed by atoms with Gasteiger partial charge in [-0.3, -0.25) is 0 Å². The van der Waals surface area contributed by atoms with Gasteiger partial charge in [0.05, 0.1) is 0 Å². The molecule has 0 amide bonds. The number of fused-ring (bicyclic) bond motifs is 5. The second-order valence-electron chi connectivity index (χ2n) is 12.8. The van der Waals surface area contributed by atoms with Gasteiger partial charge >= 0.3 is 0 Å². The number of hydrogen-bond acceptors (Lipinski definition) is 4. The molecule has 0 spiro atoms. The number of thiophene rings is 1. The molecule has 0 fully saturated rings. The minimum absolute atomic E-state index is 0.647. The summed E-state index contributed by atoms with van der Waals surface area (Å²) >= 11 is 1.79. The third-order valence-electron chi connectivity index (χ3n) is 9.71. The van der Waals surface area contributed by atoms with Crippen LogP contribution in [0.4, 0.5) is 0 Å². The van der Waals surface area contributed by atoms with Crippen molar-refractivity contribution >= 4 is 53.1 Å². The maximum Gasteiger partial charge on any atom is 0.165 e. The molecule has 8 aromatic carbocycles. The molecule has 10 aromatic rings. The third-order valence-corrected chi connectivity index (χ3v) is 10.9. The van der Waals surface area contributed by atoms with Gasteiger partial charge in [-0.05, 0) is 74.1 Å². The van der Waals surface area contributed by atoms with E-state index >= 15 is 0 Å². The average Bonchev–Trinajstić information content (AvgIpc) is 3.59. The molecule has 238 valence electrons. The van der Waals surface area contributed by atoms with E-state index in [1.165, 1.54) is 47.5 Å². The highest BCUT2D eigenvalue weighted by atomic mass is 32.1. The minimum atomic E-state index is 0.647. The highest BCUT2D eigenvalue weighted by Gasteiger charge is 2.18. The van der Waals surface area contributed by atoms with Crippen molar-refractivity contribution in [3.05, 3.63) is 176 Å². The highest BCUT2D eigenvalue weighted by molar-refractivity contribution is 7.26. The molecule has 0 unspecified atom stereocenters. The lowest BCUT2D eigenvalue weighted by Crippen LogP contribution is -2.01. The lowest BCUT2D eigenvalue weighted by molar-refractivity contribution is 1.08. The molecule has 0 N–H and O–H groups in total. The summed E-state index contributed by atoms with van der Waals surface area (Å²) in [4.78, 5) is 15.7. The molecule has 4 heteroatoms. The molecule has 0 bridgehead atoms. The first-order valence-corrected chi connectivity index (χ1v) is 17.9. The van der Waals surface area contributed by atoms with Crippen LogP contribution in [0.2, 0.25) is 0 Å². The van der Waals surface area contributed by atoms with E-state index in [1.54, 1.807) is 11.3 Å². The van der Waals surface area contributed by atoms with Crippen molar-refractivity contribution in [3.8, 4) is 56.4 Å². The molecule has 0 aliphatic rings. The van der Waals surface area contributed by atoms with Crippen LogP contribution in [-0.2, 0) is 0 Å². The predicted molar refractivity (Wildman–Crippen MR) is 215 cm³/mol. The predicted octanol–water partition coefficient (Wildman–Crippen LogP) is 12.9. The van der Waals surface area contributed by atoms with Crippen molar-refractivity contribution in [1.29, 1.82) is 0 Å². The van der Waals surface area contributed by atoms with Crippen molar-refractivity contribution in [1.82, 2.24) is 15.0 Å². The van der Waals surface area contributed by atoms with Crippen molar-refractivity contribution in [2.45, 2.75) is 0 Å². The topological polar surface area (TPSA) is 38.7 Å². The number of hydrogen-bond donors (Lipinski definition) is 0. The van der Waals surface area contributed by atoms with Gasteiger partial charge in [0.15, 0.2) is 17.5 Å². The Morgan fingerprint density at radius 3 is 1.69 bits per heavy atom. The molecule has 2 aromatic heterocycles. The van der Waals surface area contributed by atoms with Gasteiger partial charge in [-0.2, -0.15) is 0 Å². The summed E-state index contributed by atoms with van der Waals surface area (Å²) in [6.45, 7) is 0. The summed E-state index contributed by atoms with van der Waals surface area (Å²) in [5.74, 6) is 1.96. The van der Waals surface area contributed by atoms with Gasteiger partial charge in [0.25, 0.3) is 0 Å². The summed E-state index contributed by atoms with van der Waals surface area (Å²) in [7, 11) is 0. The number of aromatic nitrogens is 3. The molecule has 3 nitrogen and oxygen atoms in total. The van der Waals surface area contributed by atoms with Crippen molar-refractivity contribution in [2.24, 2.45) is 0 Å². The van der Waals surface area contributed by atoms with E-state index in [2.05, 4.69) is 170 Å². The van der Waals surface area contributed by atoms with Crippen molar-refractivity contribution in [3.63, 3.8) is 0 Å². The second-order valence-corrected chi connectivity index (χ2v) is 13.9. The van der Waals surface area contributed by atoms with Crippen LogP contribution >= 0.6 is 11.3 Å². The van der Waals surface area contributed by atoms with Crippen LogP contribution in [0.1, 0.15) is 0 Å². The Kier molecular flexibility index (Phi) is 7.00. The summed E-state index contributed by atoms with van der Waals surface area (Å²) < 4.78 is 2.43. The Balaban J connectivity index is 1.17. The van der Waals surface area contributed by atoms with E-state index in [-0.39, 0.29) is 0 Å². The maximum atomic E-state index is 5.23. The van der Waals surface area contributed by atoms with Crippen molar-refractivity contribution in [2.75, 3.05) is 0 Å². The Hall–Kier alpha value is -6.49. The lowest BCUT2D eigenvalue weighted by atomic mass is 9.97. The first-order chi connectivity index (χ1) is 25.2. The van der Waals surface area contributed by atoms with E-state index in [1.807, 2.05) is 6.07 Å². The van der Waals surface area contributed by atoms with E-state index < -0.39 is 0 Å². The maximum absolute atomic E-state index is 5.23. The van der Waals surface area contributed by atoms with E-state index in [0.717, 1.165) is 33.2 Å². The first kappa shape index (κ1) is 29.4. The molecule has 10 rings (SSSR count). The van der Waals surface area contributed by atoms with Gasteiger partial charge in [-0.25, -0.2) is 15.0 Å². The minimum Gasteiger partial charge on any atom is -0.208 e. The summed E-state index contributed by atoms with van der Waals surface area (Å²) in [6, 6.07) is 62.2. The molecule has 0 radical (unpaired) electrons. The van der Waals surface area contributed by atoms with Crippen LogP contribution in [0.5, 0.6) is 0 Å². The fraction of sp³-hybridized carbons (Fsp3) is 0. The van der Waals surface area contributed by atoms with Crippen LogP contribution in [0, 0.1) is 0 Å². The van der Waals surface area contributed by atoms with Crippen LogP contribution in [0.3, 0.4) is 0 Å². The quantitative estimate of drug-likeness (QED) is 0.183. The van der Waals surface area contributed by atoms with Gasteiger partial charge in [0.2, 0.25) is 0 Å². The first-order valence-electron chi connectivity index (χ1n) is 17.1. The smallest absolute Gasteiger partial charge is 0.165 e. The Morgan fingerprint density at radius 2 is 0.863 bits per heavy atom. The van der Waals surface area contributed by atoms with Gasteiger partial charge in [0.1, 0.15) is 0 Å². The van der Waals surface area contributed by atoms with E-state index in [4.69, 9.17) is 15.0 Å². The van der Waals surface area contributed by atoms with Gasteiger partial charge in [-0.15, -0.1) is 11.3 Å². The Morgan fingerprint density at radius 1 is 0.314 bits per heavy atom. The average molecular weight is 668 g/mol. The second kappa shape index (κ2) is 12.1. The Bertz CT molecular complexity index is 2930. The largest absolute Gasteiger partial charge is 0.208 e. The zero-order valence-electron chi connectivity index (χ0n) is 27.5. The Labute approximate surface area is 299 Å². The number of rotatable bonds is 5. The third kappa shape index (κ3) is 5.25. The number of nitrogens with zero attached hydrogens (tertiary/aromatic N) is 3. The van der Waals surface area contributed by atoms with E-state index in [0.29, 0.717) is 17.5 Å². The van der Waals surface area contributed by atoms with Crippen molar-refractivity contribution < 1.29 is 0 Å². The van der Waals surface area contributed by atoms with Crippen LogP contribution in [-0.4, -0.2) is 15.0 Å².